The lowest BCUT2D eigenvalue weighted by Crippen LogP contribution is -2.20. The molecule has 3 rings (SSSR count). The molecule has 15 heavy (non-hydrogen) atoms. The Balaban J connectivity index is 1.93. The van der Waals surface area contributed by atoms with E-state index in [1.807, 2.05) is 6.08 Å². The average molecular weight is 199 g/mol. The SMILES string of the molecule is C=CC(N)C1C2CCc3ccccc3C21. The summed E-state index contributed by atoms with van der Waals surface area (Å²) < 4.78 is 0. The van der Waals surface area contributed by atoms with Gasteiger partial charge >= 0.3 is 0 Å². The first kappa shape index (κ1) is 9.17. The van der Waals surface area contributed by atoms with Gasteiger partial charge in [0.2, 0.25) is 0 Å². The van der Waals surface area contributed by atoms with E-state index in [9.17, 15) is 0 Å². The normalized spacial score (nSPS) is 33.8. The van der Waals surface area contributed by atoms with Crippen LogP contribution in [0.2, 0.25) is 0 Å². The van der Waals surface area contributed by atoms with Crippen LogP contribution in [0.3, 0.4) is 0 Å². The molecule has 1 fully saturated rings. The van der Waals surface area contributed by atoms with Crippen LogP contribution >= 0.6 is 0 Å². The van der Waals surface area contributed by atoms with E-state index in [1.54, 1.807) is 5.56 Å². The third-order valence-electron chi connectivity index (χ3n) is 4.11. The summed E-state index contributed by atoms with van der Waals surface area (Å²) in [6.45, 7) is 3.81. The second-order valence-corrected chi connectivity index (χ2v) is 4.82. The maximum absolute atomic E-state index is 6.08. The second kappa shape index (κ2) is 3.21. The number of hydrogen-bond donors (Lipinski definition) is 1. The van der Waals surface area contributed by atoms with Crippen LogP contribution < -0.4 is 5.73 Å². The fourth-order valence-corrected chi connectivity index (χ4v) is 3.30. The minimum Gasteiger partial charge on any atom is -0.324 e. The van der Waals surface area contributed by atoms with Crippen molar-refractivity contribution >= 4 is 0 Å². The van der Waals surface area contributed by atoms with Crippen molar-refractivity contribution in [2.24, 2.45) is 17.6 Å². The van der Waals surface area contributed by atoms with E-state index >= 15 is 0 Å². The molecule has 1 saturated carbocycles. The summed E-state index contributed by atoms with van der Waals surface area (Å²) in [6, 6.07) is 9.02. The maximum Gasteiger partial charge on any atom is 0.0258 e. The van der Waals surface area contributed by atoms with Crippen LogP contribution in [-0.4, -0.2) is 6.04 Å². The van der Waals surface area contributed by atoms with Crippen LogP contribution in [0.1, 0.15) is 23.5 Å². The predicted octanol–water partition coefficient (Wildman–Crippen LogP) is 2.48. The van der Waals surface area contributed by atoms with Crippen molar-refractivity contribution in [3.63, 3.8) is 0 Å². The standard InChI is InChI=1S/C14H17N/c1-2-12(15)14-11-8-7-9-5-3-4-6-10(9)13(11)14/h2-6,11-14H,1,7-8,15H2. The van der Waals surface area contributed by atoms with E-state index < -0.39 is 0 Å². The number of rotatable bonds is 2. The molecule has 0 aromatic heterocycles. The first-order chi connectivity index (χ1) is 7.33. The van der Waals surface area contributed by atoms with E-state index in [2.05, 4.69) is 30.8 Å². The Morgan fingerprint density at radius 1 is 1.40 bits per heavy atom. The highest BCUT2D eigenvalue weighted by Gasteiger charge is 2.54. The first-order valence-corrected chi connectivity index (χ1v) is 5.79. The molecule has 1 heteroatoms. The van der Waals surface area contributed by atoms with Gasteiger partial charge in [-0.1, -0.05) is 30.3 Å². The molecule has 1 aromatic carbocycles. The molecule has 2 N–H and O–H groups in total. The van der Waals surface area contributed by atoms with Crippen LogP contribution in [0.5, 0.6) is 0 Å². The zero-order valence-electron chi connectivity index (χ0n) is 8.89. The quantitative estimate of drug-likeness (QED) is 0.727. The van der Waals surface area contributed by atoms with Crippen molar-refractivity contribution in [2.75, 3.05) is 0 Å². The van der Waals surface area contributed by atoms with Crippen molar-refractivity contribution in [3.05, 3.63) is 48.0 Å². The Morgan fingerprint density at radius 2 is 2.20 bits per heavy atom. The van der Waals surface area contributed by atoms with Gasteiger partial charge in [0.25, 0.3) is 0 Å². The molecular weight excluding hydrogens is 182 g/mol. The fraction of sp³-hybridized carbons (Fsp3) is 0.429. The number of fused-ring (bicyclic) bond motifs is 3. The predicted molar refractivity (Wildman–Crippen MR) is 62.7 cm³/mol. The lowest BCUT2D eigenvalue weighted by atomic mass is 9.92. The number of benzene rings is 1. The summed E-state index contributed by atoms with van der Waals surface area (Å²) in [5, 5.41) is 0. The van der Waals surface area contributed by atoms with Crippen molar-refractivity contribution in [1.82, 2.24) is 0 Å². The molecule has 2 aliphatic rings. The summed E-state index contributed by atoms with van der Waals surface area (Å²) in [4.78, 5) is 0. The molecule has 78 valence electrons. The van der Waals surface area contributed by atoms with Gasteiger partial charge in [-0.25, -0.2) is 0 Å². The minimum absolute atomic E-state index is 0.186. The minimum atomic E-state index is 0.186. The molecule has 4 atom stereocenters. The lowest BCUT2D eigenvalue weighted by molar-refractivity contribution is 0.597. The molecule has 0 saturated heterocycles. The molecule has 0 radical (unpaired) electrons. The van der Waals surface area contributed by atoms with E-state index in [-0.39, 0.29) is 6.04 Å². The van der Waals surface area contributed by atoms with Crippen LogP contribution in [0.4, 0.5) is 0 Å². The van der Waals surface area contributed by atoms with Crippen molar-refractivity contribution < 1.29 is 0 Å². The summed E-state index contributed by atoms with van der Waals surface area (Å²) >= 11 is 0. The Kier molecular flexibility index (Phi) is 1.96. The van der Waals surface area contributed by atoms with E-state index in [0.29, 0.717) is 5.92 Å². The topological polar surface area (TPSA) is 26.0 Å². The van der Waals surface area contributed by atoms with Gasteiger partial charge in [0, 0.05) is 6.04 Å². The van der Waals surface area contributed by atoms with Gasteiger partial charge in [-0.2, -0.15) is 0 Å². The van der Waals surface area contributed by atoms with Crippen LogP contribution in [0, 0.1) is 11.8 Å². The Labute approximate surface area is 91.0 Å². The smallest absolute Gasteiger partial charge is 0.0258 e. The highest BCUT2D eigenvalue weighted by molar-refractivity contribution is 5.40. The molecular formula is C14H17N. The highest BCUT2D eigenvalue weighted by Crippen LogP contribution is 2.60. The van der Waals surface area contributed by atoms with Gasteiger partial charge in [-0.3, -0.25) is 0 Å². The van der Waals surface area contributed by atoms with Crippen LogP contribution in [0.15, 0.2) is 36.9 Å². The van der Waals surface area contributed by atoms with E-state index in [1.165, 1.54) is 18.4 Å². The van der Waals surface area contributed by atoms with Crippen molar-refractivity contribution in [3.8, 4) is 0 Å². The number of aryl methyl sites for hydroxylation is 1. The lowest BCUT2D eigenvalue weighted by Gasteiger charge is -2.13. The summed E-state index contributed by atoms with van der Waals surface area (Å²) in [6.07, 6.45) is 4.46. The van der Waals surface area contributed by atoms with Gasteiger partial charge in [0.05, 0.1) is 0 Å². The summed E-state index contributed by atoms with van der Waals surface area (Å²) in [7, 11) is 0. The zero-order valence-corrected chi connectivity index (χ0v) is 8.89. The Hall–Kier alpha value is -1.08. The fourth-order valence-electron chi connectivity index (χ4n) is 3.30. The van der Waals surface area contributed by atoms with Crippen LogP contribution in [0.25, 0.3) is 0 Å². The maximum atomic E-state index is 6.08. The molecule has 0 heterocycles. The molecule has 1 nitrogen and oxygen atoms in total. The van der Waals surface area contributed by atoms with Gasteiger partial charge in [0.1, 0.15) is 0 Å². The second-order valence-electron chi connectivity index (χ2n) is 4.82. The third kappa shape index (κ3) is 1.26. The molecule has 0 aliphatic heterocycles. The molecule has 4 unspecified atom stereocenters. The first-order valence-electron chi connectivity index (χ1n) is 5.79. The van der Waals surface area contributed by atoms with Gasteiger partial charge in [0.15, 0.2) is 0 Å². The average Bonchev–Trinajstić information content (AvgIpc) is 3.02. The molecule has 2 aliphatic carbocycles. The summed E-state index contributed by atoms with van der Waals surface area (Å²) in [5.74, 6) is 2.21. The number of nitrogens with two attached hydrogens (primary N) is 1. The highest BCUT2D eigenvalue weighted by atomic mass is 14.7. The van der Waals surface area contributed by atoms with Crippen molar-refractivity contribution in [2.45, 2.75) is 24.8 Å². The zero-order chi connectivity index (χ0) is 10.4. The molecule has 0 bridgehead atoms. The molecule has 0 amide bonds. The van der Waals surface area contributed by atoms with Gasteiger partial charge in [-0.15, -0.1) is 6.58 Å². The van der Waals surface area contributed by atoms with Crippen molar-refractivity contribution in [1.29, 1.82) is 0 Å². The monoisotopic (exact) mass is 199 g/mol. The molecule has 1 aromatic rings. The third-order valence-corrected chi connectivity index (χ3v) is 4.11. The Morgan fingerprint density at radius 3 is 3.00 bits per heavy atom. The van der Waals surface area contributed by atoms with Gasteiger partial charge < -0.3 is 5.73 Å². The van der Waals surface area contributed by atoms with E-state index in [0.717, 1.165) is 11.8 Å². The largest absolute Gasteiger partial charge is 0.324 e. The Bertz CT molecular complexity index is 396. The summed E-state index contributed by atoms with van der Waals surface area (Å²) in [5.41, 5.74) is 9.17. The van der Waals surface area contributed by atoms with Gasteiger partial charge in [-0.05, 0) is 41.7 Å². The van der Waals surface area contributed by atoms with Crippen LogP contribution in [-0.2, 0) is 6.42 Å². The molecule has 0 spiro atoms. The van der Waals surface area contributed by atoms with E-state index in [4.69, 9.17) is 5.73 Å². The number of hydrogen-bond acceptors (Lipinski definition) is 1.